The summed E-state index contributed by atoms with van der Waals surface area (Å²) in [6.45, 7) is 5.61. The molecule has 0 radical (unpaired) electrons. The fourth-order valence-electron chi connectivity index (χ4n) is 2.64. The lowest BCUT2D eigenvalue weighted by Gasteiger charge is -2.37. The Labute approximate surface area is 172 Å². The van der Waals surface area contributed by atoms with Gasteiger partial charge in [0.2, 0.25) is 10.0 Å². The number of nitrogens with zero attached hydrogens (tertiary/aromatic N) is 3. The van der Waals surface area contributed by atoms with Gasteiger partial charge in [-0.15, -0.1) is 24.0 Å². The molecule has 0 bridgehead atoms. The lowest BCUT2D eigenvalue weighted by atomic mass is 10.2. The fraction of sp³-hybridized carbons (Fsp3) is 0.562. The highest BCUT2D eigenvalue weighted by molar-refractivity contribution is 14.0. The van der Waals surface area contributed by atoms with E-state index in [1.54, 1.807) is 26.1 Å². The van der Waals surface area contributed by atoms with Gasteiger partial charge in [0, 0.05) is 52.0 Å². The summed E-state index contributed by atoms with van der Waals surface area (Å²) >= 11 is 0. The van der Waals surface area contributed by atoms with E-state index in [1.165, 1.54) is 12.1 Å². The number of aliphatic imine (C=N–C) groups is 1. The summed E-state index contributed by atoms with van der Waals surface area (Å²) in [6.07, 6.45) is 0. The first-order chi connectivity index (χ1) is 11.9. The summed E-state index contributed by atoms with van der Waals surface area (Å²) in [5, 5.41) is 3.18. The molecule has 1 aliphatic rings. The Kier molecular flexibility index (Phi) is 9.58. The molecule has 0 aromatic heterocycles. The Bertz CT molecular complexity index is 676. The molecule has 0 atom stereocenters. The molecular formula is C16H27FIN5O2S. The van der Waals surface area contributed by atoms with E-state index in [1.807, 2.05) is 0 Å². The third kappa shape index (κ3) is 6.88. The molecule has 2 N–H and O–H groups in total. The summed E-state index contributed by atoms with van der Waals surface area (Å²) in [6, 6.07) is 6.52. The van der Waals surface area contributed by atoms with Gasteiger partial charge < -0.3 is 15.1 Å². The van der Waals surface area contributed by atoms with Gasteiger partial charge in [-0.1, -0.05) is 0 Å². The van der Waals surface area contributed by atoms with Crippen molar-refractivity contribution in [3.63, 3.8) is 0 Å². The van der Waals surface area contributed by atoms with E-state index in [0.29, 0.717) is 13.1 Å². The van der Waals surface area contributed by atoms with Crippen molar-refractivity contribution in [3.8, 4) is 0 Å². The second-order valence-corrected chi connectivity index (χ2v) is 7.82. The number of piperazine rings is 1. The van der Waals surface area contributed by atoms with Crippen LogP contribution in [-0.4, -0.2) is 71.3 Å². The van der Waals surface area contributed by atoms with Crippen molar-refractivity contribution < 1.29 is 12.8 Å². The Morgan fingerprint density at radius 3 is 2.31 bits per heavy atom. The van der Waals surface area contributed by atoms with Gasteiger partial charge in [0.25, 0.3) is 0 Å². The van der Waals surface area contributed by atoms with Crippen molar-refractivity contribution >= 4 is 45.6 Å². The smallest absolute Gasteiger partial charge is 0.211 e. The van der Waals surface area contributed by atoms with Crippen molar-refractivity contribution in [3.05, 3.63) is 30.1 Å². The van der Waals surface area contributed by atoms with Gasteiger partial charge in [0.05, 0.1) is 5.75 Å². The van der Waals surface area contributed by atoms with Crippen LogP contribution >= 0.6 is 24.0 Å². The molecule has 0 saturated carbocycles. The number of rotatable bonds is 6. The summed E-state index contributed by atoms with van der Waals surface area (Å²) in [5.41, 5.74) is 1.01. The van der Waals surface area contributed by atoms with Gasteiger partial charge in [-0.25, -0.2) is 17.5 Å². The quantitative estimate of drug-likeness (QED) is 0.265. The first kappa shape index (κ1) is 22.9. The number of sulfonamides is 1. The highest BCUT2D eigenvalue weighted by atomic mass is 127. The van der Waals surface area contributed by atoms with Crippen molar-refractivity contribution in [1.29, 1.82) is 0 Å². The van der Waals surface area contributed by atoms with E-state index in [-0.39, 0.29) is 35.5 Å². The first-order valence-electron chi connectivity index (χ1n) is 8.38. The van der Waals surface area contributed by atoms with Gasteiger partial charge in [0.1, 0.15) is 5.82 Å². The largest absolute Gasteiger partial charge is 0.368 e. The van der Waals surface area contributed by atoms with Gasteiger partial charge in [-0.3, -0.25) is 4.99 Å². The Hall–Kier alpha value is -1.14. The average Bonchev–Trinajstić information content (AvgIpc) is 2.63. The van der Waals surface area contributed by atoms with Crippen LogP contribution in [0.2, 0.25) is 0 Å². The number of benzene rings is 1. The molecule has 26 heavy (non-hydrogen) atoms. The van der Waals surface area contributed by atoms with Crippen LogP contribution in [0.5, 0.6) is 0 Å². The third-order valence-electron chi connectivity index (χ3n) is 4.09. The molecule has 1 fully saturated rings. The van der Waals surface area contributed by atoms with Crippen molar-refractivity contribution in [2.45, 2.75) is 6.92 Å². The molecule has 148 valence electrons. The molecule has 1 heterocycles. The number of halogens is 2. The van der Waals surface area contributed by atoms with Gasteiger partial charge in [0.15, 0.2) is 5.96 Å². The molecule has 1 aliphatic heterocycles. The van der Waals surface area contributed by atoms with Crippen LogP contribution in [0.15, 0.2) is 29.3 Å². The maximum Gasteiger partial charge on any atom is 0.211 e. The molecule has 1 saturated heterocycles. The van der Waals surface area contributed by atoms with Crippen LogP contribution in [0.4, 0.5) is 10.1 Å². The molecule has 1 aromatic rings. The van der Waals surface area contributed by atoms with Crippen LogP contribution < -0.4 is 14.9 Å². The predicted molar refractivity (Wildman–Crippen MR) is 114 cm³/mol. The molecule has 0 amide bonds. The van der Waals surface area contributed by atoms with E-state index in [9.17, 15) is 12.8 Å². The number of guanidine groups is 1. The second kappa shape index (κ2) is 10.9. The Balaban J connectivity index is 0.00000338. The van der Waals surface area contributed by atoms with E-state index in [0.717, 1.165) is 37.8 Å². The minimum Gasteiger partial charge on any atom is -0.368 e. The highest BCUT2D eigenvalue weighted by Crippen LogP contribution is 2.16. The first-order valence-corrected chi connectivity index (χ1v) is 10.0. The molecule has 1 aromatic carbocycles. The highest BCUT2D eigenvalue weighted by Gasteiger charge is 2.19. The zero-order valence-corrected chi connectivity index (χ0v) is 18.3. The molecule has 0 unspecified atom stereocenters. The van der Waals surface area contributed by atoms with Crippen LogP contribution in [0.25, 0.3) is 0 Å². The van der Waals surface area contributed by atoms with E-state index >= 15 is 0 Å². The number of anilines is 1. The van der Waals surface area contributed by atoms with Crippen LogP contribution in [0, 0.1) is 5.82 Å². The third-order valence-corrected chi connectivity index (χ3v) is 5.50. The minimum absolute atomic E-state index is 0. The topological polar surface area (TPSA) is 77.0 Å². The summed E-state index contributed by atoms with van der Waals surface area (Å²) in [5.74, 6) is 0.604. The lowest BCUT2D eigenvalue weighted by Crippen LogP contribution is -2.53. The van der Waals surface area contributed by atoms with Crippen LogP contribution in [0.3, 0.4) is 0 Å². The number of hydrogen-bond donors (Lipinski definition) is 2. The van der Waals surface area contributed by atoms with E-state index in [4.69, 9.17) is 0 Å². The normalized spacial score (nSPS) is 15.6. The molecule has 2 rings (SSSR count). The summed E-state index contributed by atoms with van der Waals surface area (Å²) in [7, 11) is -1.45. The standard InChI is InChI=1S/C16H26FN5O2S.HI/c1-3-25(23,24)20-9-8-19-16(18-2)22-12-10-21(11-13-22)15-6-4-14(17)5-7-15;/h4-7,20H,3,8-13H2,1-2H3,(H,18,19);1H. The minimum atomic E-state index is -3.17. The van der Waals surface area contributed by atoms with Crippen molar-refractivity contribution in [2.75, 3.05) is 57.0 Å². The maximum absolute atomic E-state index is 13.0. The Morgan fingerprint density at radius 2 is 1.77 bits per heavy atom. The van der Waals surface area contributed by atoms with E-state index < -0.39 is 10.0 Å². The van der Waals surface area contributed by atoms with Gasteiger partial charge in [-0.2, -0.15) is 0 Å². The maximum atomic E-state index is 13.0. The zero-order valence-electron chi connectivity index (χ0n) is 15.1. The van der Waals surface area contributed by atoms with Crippen LogP contribution in [-0.2, 0) is 10.0 Å². The molecule has 7 nitrogen and oxygen atoms in total. The molecule has 10 heteroatoms. The molecular weight excluding hydrogens is 472 g/mol. The van der Waals surface area contributed by atoms with Crippen LogP contribution in [0.1, 0.15) is 6.92 Å². The molecule has 0 spiro atoms. The zero-order chi connectivity index (χ0) is 18.3. The second-order valence-electron chi connectivity index (χ2n) is 5.72. The monoisotopic (exact) mass is 499 g/mol. The van der Waals surface area contributed by atoms with Crippen molar-refractivity contribution in [1.82, 2.24) is 14.9 Å². The summed E-state index contributed by atoms with van der Waals surface area (Å²) < 4.78 is 38.3. The average molecular weight is 499 g/mol. The lowest BCUT2D eigenvalue weighted by molar-refractivity contribution is 0.373. The van der Waals surface area contributed by atoms with Gasteiger partial charge >= 0.3 is 0 Å². The predicted octanol–water partition coefficient (Wildman–Crippen LogP) is 1.08. The van der Waals surface area contributed by atoms with E-state index in [2.05, 4.69) is 24.8 Å². The van der Waals surface area contributed by atoms with Crippen molar-refractivity contribution in [2.24, 2.45) is 4.99 Å². The summed E-state index contributed by atoms with van der Waals surface area (Å²) in [4.78, 5) is 8.60. The SMILES string of the molecule is CCS(=O)(=O)NCCNC(=NC)N1CCN(c2ccc(F)cc2)CC1.I. The number of nitrogens with one attached hydrogen (secondary N) is 2. The van der Waals surface area contributed by atoms with Gasteiger partial charge in [-0.05, 0) is 31.2 Å². The fourth-order valence-corrected chi connectivity index (χ4v) is 3.26. The Morgan fingerprint density at radius 1 is 1.15 bits per heavy atom. The molecule has 0 aliphatic carbocycles. The number of hydrogen-bond acceptors (Lipinski definition) is 4.